The molecule has 4 rings (SSSR count). The van der Waals surface area contributed by atoms with E-state index in [-0.39, 0.29) is 5.91 Å². The first-order valence-corrected chi connectivity index (χ1v) is 10.6. The van der Waals surface area contributed by atoms with Gasteiger partial charge in [0.1, 0.15) is 5.82 Å². The fourth-order valence-electron chi connectivity index (χ4n) is 4.75. The smallest absolute Gasteiger partial charge is 0.255 e. The molecule has 2 aromatic heterocycles. The molecule has 29 heavy (non-hydrogen) atoms. The Morgan fingerprint density at radius 2 is 1.83 bits per heavy atom. The van der Waals surface area contributed by atoms with Gasteiger partial charge in [-0.15, -0.1) is 0 Å². The predicted octanol–water partition coefficient (Wildman–Crippen LogP) is 5.13. The third-order valence-electron chi connectivity index (χ3n) is 6.22. The first-order valence-electron chi connectivity index (χ1n) is 10.6. The zero-order chi connectivity index (χ0) is 20.5. The minimum atomic E-state index is 0.0366. The van der Waals surface area contributed by atoms with Crippen molar-refractivity contribution in [3.63, 3.8) is 0 Å². The van der Waals surface area contributed by atoms with Gasteiger partial charge >= 0.3 is 0 Å². The number of aromatic nitrogens is 3. The monoisotopic (exact) mass is 390 g/mol. The van der Waals surface area contributed by atoms with Gasteiger partial charge in [-0.25, -0.2) is 9.97 Å². The minimum Gasteiger partial charge on any atom is -0.345 e. The maximum absolute atomic E-state index is 13.2. The molecule has 3 aromatic rings. The average Bonchev–Trinajstić information content (AvgIpc) is 3.02. The molecule has 1 amide bonds. The van der Waals surface area contributed by atoms with Crippen LogP contribution >= 0.6 is 0 Å². The van der Waals surface area contributed by atoms with Gasteiger partial charge in [0.05, 0.1) is 17.6 Å². The molecule has 1 aromatic carbocycles. The van der Waals surface area contributed by atoms with Gasteiger partial charge in [0.15, 0.2) is 0 Å². The summed E-state index contributed by atoms with van der Waals surface area (Å²) in [6.07, 6.45) is 6.32. The van der Waals surface area contributed by atoms with E-state index < -0.39 is 0 Å². The number of carbonyl (C=O) groups excluding carboxylic acids is 1. The summed E-state index contributed by atoms with van der Waals surface area (Å²) in [6.45, 7) is 6.60. The zero-order valence-corrected chi connectivity index (χ0v) is 17.9. The molecule has 2 heterocycles. The van der Waals surface area contributed by atoms with E-state index in [9.17, 15) is 4.79 Å². The van der Waals surface area contributed by atoms with Crippen LogP contribution in [0.1, 0.15) is 71.4 Å². The number of amides is 1. The van der Waals surface area contributed by atoms with Crippen LogP contribution in [0.25, 0.3) is 10.9 Å². The summed E-state index contributed by atoms with van der Waals surface area (Å²) in [5.74, 6) is 0.715. The van der Waals surface area contributed by atoms with Gasteiger partial charge in [-0.1, -0.05) is 37.5 Å². The number of para-hydroxylation sites is 1. The Hall–Kier alpha value is -2.69. The van der Waals surface area contributed by atoms with Crippen molar-refractivity contribution >= 4 is 16.8 Å². The van der Waals surface area contributed by atoms with Crippen molar-refractivity contribution in [2.75, 3.05) is 7.05 Å². The van der Waals surface area contributed by atoms with E-state index >= 15 is 0 Å². The number of fused-ring (bicyclic) bond motifs is 1. The van der Waals surface area contributed by atoms with Gasteiger partial charge in [-0.3, -0.25) is 4.79 Å². The highest BCUT2D eigenvalue weighted by Gasteiger charge is 2.24. The van der Waals surface area contributed by atoms with Crippen molar-refractivity contribution in [1.29, 1.82) is 0 Å². The van der Waals surface area contributed by atoms with Gasteiger partial charge in [0, 0.05) is 35.6 Å². The summed E-state index contributed by atoms with van der Waals surface area (Å²) < 4.78 is 2.39. The summed E-state index contributed by atoms with van der Waals surface area (Å²) in [6, 6.07) is 10.6. The van der Waals surface area contributed by atoms with Crippen LogP contribution in [0.3, 0.4) is 0 Å². The maximum Gasteiger partial charge on any atom is 0.255 e. The second-order valence-corrected chi connectivity index (χ2v) is 8.35. The van der Waals surface area contributed by atoms with E-state index in [2.05, 4.69) is 34.4 Å². The predicted molar refractivity (Wildman–Crippen MR) is 116 cm³/mol. The fraction of sp³-hybridized carbons (Fsp3) is 0.458. The van der Waals surface area contributed by atoms with Crippen LogP contribution in [-0.2, 0) is 6.54 Å². The Morgan fingerprint density at radius 1 is 1.10 bits per heavy atom. The lowest BCUT2D eigenvalue weighted by atomic mass is 9.95. The Balaban J connectivity index is 1.57. The summed E-state index contributed by atoms with van der Waals surface area (Å²) in [5, 5.41) is 1.06. The molecule has 0 unspecified atom stereocenters. The molecule has 1 saturated carbocycles. The fourth-order valence-corrected chi connectivity index (χ4v) is 4.75. The molecule has 1 aliphatic rings. The molecule has 0 bridgehead atoms. The first-order chi connectivity index (χ1) is 14.0. The Kier molecular flexibility index (Phi) is 5.39. The number of hydrogen-bond donors (Lipinski definition) is 0. The lowest BCUT2D eigenvalue weighted by molar-refractivity contribution is 0.0780. The molecule has 0 radical (unpaired) electrons. The highest BCUT2D eigenvalue weighted by molar-refractivity contribution is 5.95. The number of aryl methyl sites for hydroxylation is 2. The van der Waals surface area contributed by atoms with Crippen LogP contribution in [0.2, 0.25) is 0 Å². The molecular weight excluding hydrogens is 360 g/mol. The largest absolute Gasteiger partial charge is 0.345 e. The highest BCUT2D eigenvalue weighted by Crippen LogP contribution is 2.32. The van der Waals surface area contributed by atoms with Gasteiger partial charge in [0.2, 0.25) is 0 Å². The van der Waals surface area contributed by atoms with Crippen LogP contribution < -0.4 is 0 Å². The first kappa shape index (κ1) is 19.6. The van der Waals surface area contributed by atoms with E-state index in [0.29, 0.717) is 18.4 Å². The van der Waals surface area contributed by atoms with Gasteiger partial charge in [-0.05, 0) is 45.7 Å². The molecule has 0 N–H and O–H groups in total. The highest BCUT2D eigenvalue weighted by atomic mass is 16.2. The molecule has 0 atom stereocenters. The molecular formula is C24H30N4O. The normalized spacial score (nSPS) is 15.0. The van der Waals surface area contributed by atoms with E-state index in [0.717, 1.165) is 27.9 Å². The van der Waals surface area contributed by atoms with Gasteiger partial charge in [-0.2, -0.15) is 0 Å². The van der Waals surface area contributed by atoms with E-state index in [1.807, 2.05) is 38.2 Å². The van der Waals surface area contributed by atoms with Crippen molar-refractivity contribution in [3.05, 3.63) is 58.8 Å². The molecule has 0 aliphatic heterocycles. The summed E-state index contributed by atoms with van der Waals surface area (Å²) in [5.41, 5.74) is 4.94. The second-order valence-electron chi connectivity index (χ2n) is 8.35. The summed E-state index contributed by atoms with van der Waals surface area (Å²) in [7, 11) is 1.84. The van der Waals surface area contributed by atoms with Crippen LogP contribution in [-0.4, -0.2) is 32.4 Å². The minimum absolute atomic E-state index is 0.0366. The van der Waals surface area contributed by atoms with Crippen molar-refractivity contribution in [2.24, 2.45) is 0 Å². The van der Waals surface area contributed by atoms with Crippen LogP contribution in [0.5, 0.6) is 0 Å². The summed E-state index contributed by atoms with van der Waals surface area (Å²) >= 11 is 0. The Bertz CT molecular complexity index is 1050. The van der Waals surface area contributed by atoms with Crippen molar-refractivity contribution in [2.45, 2.75) is 65.5 Å². The van der Waals surface area contributed by atoms with Crippen LogP contribution in [0, 0.1) is 20.8 Å². The standard InChI is InChI=1S/C24H30N4O/c1-16-14-21(18(3)28(16)19-10-6-5-7-11-19)24(29)27(4)15-23-25-17(2)20-12-8-9-13-22(20)26-23/h8-9,12-14,19H,5-7,10-11,15H2,1-4H3. The lowest BCUT2D eigenvalue weighted by Gasteiger charge is -2.26. The number of rotatable bonds is 4. The molecule has 5 nitrogen and oxygen atoms in total. The Morgan fingerprint density at radius 3 is 2.59 bits per heavy atom. The zero-order valence-electron chi connectivity index (χ0n) is 17.9. The molecule has 152 valence electrons. The van der Waals surface area contributed by atoms with E-state index in [1.54, 1.807) is 4.90 Å². The number of carbonyl (C=O) groups is 1. The van der Waals surface area contributed by atoms with Crippen LogP contribution in [0.15, 0.2) is 30.3 Å². The molecule has 5 heteroatoms. The molecule has 0 saturated heterocycles. The Labute approximate surface area is 172 Å². The lowest BCUT2D eigenvalue weighted by Crippen LogP contribution is -2.28. The van der Waals surface area contributed by atoms with Crippen molar-refractivity contribution in [1.82, 2.24) is 19.4 Å². The van der Waals surface area contributed by atoms with Gasteiger partial charge < -0.3 is 9.47 Å². The van der Waals surface area contributed by atoms with Crippen molar-refractivity contribution < 1.29 is 4.79 Å². The third-order valence-corrected chi connectivity index (χ3v) is 6.22. The van der Waals surface area contributed by atoms with E-state index in [4.69, 9.17) is 0 Å². The SMILES string of the molecule is Cc1nc(CN(C)C(=O)c2cc(C)n(C3CCCCC3)c2C)nc2ccccc12. The third kappa shape index (κ3) is 3.78. The average molecular weight is 391 g/mol. The van der Waals surface area contributed by atoms with E-state index in [1.165, 1.54) is 37.8 Å². The molecule has 1 aliphatic carbocycles. The topological polar surface area (TPSA) is 51.0 Å². The number of nitrogens with zero attached hydrogens (tertiary/aromatic N) is 4. The van der Waals surface area contributed by atoms with Gasteiger partial charge in [0.25, 0.3) is 5.91 Å². The number of benzene rings is 1. The van der Waals surface area contributed by atoms with Crippen molar-refractivity contribution in [3.8, 4) is 0 Å². The molecule has 1 fully saturated rings. The second kappa shape index (κ2) is 7.97. The number of hydrogen-bond acceptors (Lipinski definition) is 3. The summed E-state index contributed by atoms with van der Waals surface area (Å²) in [4.78, 5) is 24.2. The molecule has 0 spiro atoms. The maximum atomic E-state index is 13.2. The quantitative estimate of drug-likeness (QED) is 0.620. The van der Waals surface area contributed by atoms with Crippen LogP contribution in [0.4, 0.5) is 0 Å².